The SMILES string of the molecule is CCN(CCC(N)=S)C(=O)Cc1ccc2ccccc2c1. The Hall–Kier alpha value is -1.94. The van der Waals surface area contributed by atoms with Gasteiger partial charge in [0.05, 0.1) is 11.4 Å². The summed E-state index contributed by atoms with van der Waals surface area (Å²) >= 11 is 4.87. The summed E-state index contributed by atoms with van der Waals surface area (Å²) in [5, 5.41) is 2.35. The maximum atomic E-state index is 12.3. The number of benzene rings is 2. The van der Waals surface area contributed by atoms with E-state index in [2.05, 4.69) is 24.3 Å². The number of hydrogen-bond donors (Lipinski definition) is 1. The number of carbonyl (C=O) groups excluding carboxylic acids is 1. The molecule has 21 heavy (non-hydrogen) atoms. The second-order valence-corrected chi connectivity index (χ2v) is 5.57. The van der Waals surface area contributed by atoms with Crippen molar-refractivity contribution >= 4 is 33.9 Å². The number of nitrogens with two attached hydrogens (primary N) is 1. The molecule has 0 radical (unpaired) electrons. The zero-order valence-corrected chi connectivity index (χ0v) is 13.0. The minimum atomic E-state index is 0.115. The van der Waals surface area contributed by atoms with Crippen LogP contribution < -0.4 is 5.73 Å². The van der Waals surface area contributed by atoms with E-state index in [1.165, 1.54) is 5.39 Å². The predicted molar refractivity (Wildman–Crippen MR) is 91.3 cm³/mol. The van der Waals surface area contributed by atoms with Gasteiger partial charge in [0.1, 0.15) is 0 Å². The van der Waals surface area contributed by atoms with Crippen molar-refractivity contribution in [3.63, 3.8) is 0 Å². The first-order valence-corrected chi connectivity index (χ1v) is 7.54. The van der Waals surface area contributed by atoms with Crippen molar-refractivity contribution in [1.82, 2.24) is 4.90 Å². The second kappa shape index (κ2) is 7.18. The molecular formula is C17H20N2OS. The van der Waals surface area contributed by atoms with E-state index in [1.54, 1.807) is 4.90 Å². The van der Waals surface area contributed by atoms with Gasteiger partial charge in [-0.25, -0.2) is 0 Å². The maximum Gasteiger partial charge on any atom is 0.226 e. The third kappa shape index (κ3) is 4.26. The monoisotopic (exact) mass is 300 g/mol. The quantitative estimate of drug-likeness (QED) is 0.834. The summed E-state index contributed by atoms with van der Waals surface area (Å²) in [6.45, 7) is 3.24. The Balaban J connectivity index is 2.07. The highest BCUT2D eigenvalue weighted by molar-refractivity contribution is 7.80. The lowest BCUT2D eigenvalue weighted by molar-refractivity contribution is -0.130. The van der Waals surface area contributed by atoms with Gasteiger partial charge in [-0.15, -0.1) is 0 Å². The molecule has 0 aromatic heterocycles. The van der Waals surface area contributed by atoms with Crippen LogP contribution in [0.1, 0.15) is 18.9 Å². The second-order valence-electron chi connectivity index (χ2n) is 5.05. The van der Waals surface area contributed by atoms with Gasteiger partial charge in [-0.3, -0.25) is 4.79 Å². The molecule has 0 saturated heterocycles. The molecule has 0 aliphatic carbocycles. The van der Waals surface area contributed by atoms with Crippen LogP contribution in [0, 0.1) is 0 Å². The van der Waals surface area contributed by atoms with Crippen molar-refractivity contribution in [2.45, 2.75) is 19.8 Å². The fourth-order valence-corrected chi connectivity index (χ4v) is 2.43. The molecule has 0 spiro atoms. The number of hydrogen-bond acceptors (Lipinski definition) is 2. The third-order valence-electron chi connectivity index (χ3n) is 3.53. The van der Waals surface area contributed by atoms with E-state index in [1.807, 2.05) is 25.1 Å². The molecule has 0 bridgehead atoms. The predicted octanol–water partition coefficient (Wildman–Crippen LogP) is 2.91. The molecule has 0 atom stereocenters. The first-order valence-electron chi connectivity index (χ1n) is 7.14. The van der Waals surface area contributed by atoms with E-state index in [9.17, 15) is 4.79 Å². The number of nitrogens with zero attached hydrogens (tertiary/aromatic N) is 1. The van der Waals surface area contributed by atoms with Gasteiger partial charge < -0.3 is 10.6 Å². The smallest absolute Gasteiger partial charge is 0.226 e. The minimum Gasteiger partial charge on any atom is -0.393 e. The van der Waals surface area contributed by atoms with Crippen molar-refractivity contribution in [2.24, 2.45) is 5.73 Å². The van der Waals surface area contributed by atoms with Crippen molar-refractivity contribution in [1.29, 1.82) is 0 Å². The molecule has 2 rings (SSSR count). The minimum absolute atomic E-state index is 0.115. The van der Waals surface area contributed by atoms with E-state index < -0.39 is 0 Å². The number of rotatable bonds is 6. The van der Waals surface area contributed by atoms with Crippen LogP contribution in [-0.4, -0.2) is 28.9 Å². The van der Waals surface area contributed by atoms with Gasteiger partial charge in [0.2, 0.25) is 5.91 Å². The highest BCUT2D eigenvalue weighted by atomic mass is 32.1. The van der Waals surface area contributed by atoms with Gasteiger partial charge in [0, 0.05) is 19.5 Å². The average Bonchev–Trinajstić information content (AvgIpc) is 2.47. The molecule has 110 valence electrons. The summed E-state index contributed by atoms with van der Waals surface area (Å²) < 4.78 is 0. The van der Waals surface area contributed by atoms with Gasteiger partial charge in [-0.1, -0.05) is 54.7 Å². The van der Waals surface area contributed by atoms with Crippen molar-refractivity contribution in [3.05, 3.63) is 48.0 Å². The Morgan fingerprint density at radius 3 is 2.57 bits per heavy atom. The van der Waals surface area contributed by atoms with Crippen LogP contribution in [0.3, 0.4) is 0 Å². The summed E-state index contributed by atoms with van der Waals surface area (Å²) in [4.78, 5) is 14.6. The standard InChI is InChI=1S/C17H20N2OS/c1-2-19(10-9-16(18)21)17(20)12-13-7-8-14-5-3-4-6-15(14)11-13/h3-8,11H,2,9-10,12H2,1H3,(H2,18,21). The molecular weight excluding hydrogens is 280 g/mol. The van der Waals surface area contributed by atoms with Crippen LogP contribution in [0.5, 0.6) is 0 Å². The van der Waals surface area contributed by atoms with Gasteiger partial charge in [0.25, 0.3) is 0 Å². The molecule has 0 fully saturated rings. The van der Waals surface area contributed by atoms with Gasteiger partial charge >= 0.3 is 0 Å². The highest BCUT2D eigenvalue weighted by Gasteiger charge is 2.12. The molecule has 0 aliphatic rings. The molecule has 2 aromatic carbocycles. The normalized spacial score (nSPS) is 10.5. The molecule has 0 heterocycles. The average molecular weight is 300 g/mol. The van der Waals surface area contributed by atoms with E-state index in [-0.39, 0.29) is 5.91 Å². The number of thiocarbonyl (C=S) groups is 1. The van der Waals surface area contributed by atoms with Gasteiger partial charge in [-0.2, -0.15) is 0 Å². The van der Waals surface area contributed by atoms with Crippen LogP contribution in [0.4, 0.5) is 0 Å². The first kappa shape index (κ1) is 15.4. The first-order chi connectivity index (χ1) is 10.1. The summed E-state index contributed by atoms with van der Waals surface area (Å²) in [6, 6.07) is 14.3. The Bertz CT molecular complexity index is 654. The molecule has 0 aliphatic heterocycles. The lowest BCUT2D eigenvalue weighted by Crippen LogP contribution is -2.34. The largest absolute Gasteiger partial charge is 0.393 e. The van der Waals surface area contributed by atoms with Crippen LogP contribution in [0.2, 0.25) is 0 Å². The molecule has 2 aromatic rings. The number of amides is 1. The van der Waals surface area contributed by atoms with Crippen molar-refractivity contribution < 1.29 is 4.79 Å². The highest BCUT2D eigenvalue weighted by Crippen LogP contribution is 2.16. The zero-order valence-electron chi connectivity index (χ0n) is 12.2. The molecule has 2 N–H and O–H groups in total. The van der Waals surface area contributed by atoms with Crippen LogP contribution in [-0.2, 0) is 11.2 Å². The van der Waals surface area contributed by atoms with Crippen LogP contribution in [0.25, 0.3) is 10.8 Å². The maximum absolute atomic E-state index is 12.3. The van der Waals surface area contributed by atoms with E-state index in [4.69, 9.17) is 18.0 Å². The summed E-state index contributed by atoms with van der Waals surface area (Å²) in [5.74, 6) is 0.115. The molecule has 4 heteroatoms. The van der Waals surface area contributed by atoms with Crippen molar-refractivity contribution in [3.8, 4) is 0 Å². The Morgan fingerprint density at radius 2 is 1.90 bits per heavy atom. The summed E-state index contributed by atoms with van der Waals surface area (Å²) in [7, 11) is 0. The Kier molecular flexibility index (Phi) is 5.28. The number of carbonyl (C=O) groups is 1. The van der Waals surface area contributed by atoms with Crippen LogP contribution in [0.15, 0.2) is 42.5 Å². The molecule has 1 amide bonds. The van der Waals surface area contributed by atoms with Crippen LogP contribution >= 0.6 is 12.2 Å². The lowest BCUT2D eigenvalue weighted by atomic mass is 10.0. The van der Waals surface area contributed by atoms with Crippen molar-refractivity contribution in [2.75, 3.05) is 13.1 Å². The summed E-state index contributed by atoms with van der Waals surface area (Å²) in [5.41, 5.74) is 6.54. The van der Waals surface area contributed by atoms with E-state index in [0.29, 0.717) is 30.9 Å². The van der Waals surface area contributed by atoms with E-state index >= 15 is 0 Å². The zero-order chi connectivity index (χ0) is 15.2. The fourth-order valence-electron chi connectivity index (χ4n) is 2.34. The molecule has 3 nitrogen and oxygen atoms in total. The van der Waals surface area contributed by atoms with Gasteiger partial charge in [0.15, 0.2) is 0 Å². The Morgan fingerprint density at radius 1 is 1.19 bits per heavy atom. The number of likely N-dealkylation sites (N-methyl/N-ethyl adjacent to an activating group) is 1. The fraction of sp³-hybridized carbons (Fsp3) is 0.294. The lowest BCUT2D eigenvalue weighted by Gasteiger charge is -2.20. The topological polar surface area (TPSA) is 46.3 Å². The summed E-state index contributed by atoms with van der Waals surface area (Å²) in [6.07, 6.45) is 0.989. The van der Waals surface area contributed by atoms with Gasteiger partial charge in [-0.05, 0) is 23.3 Å². The Labute approximate surface area is 130 Å². The molecule has 0 saturated carbocycles. The van der Waals surface area contributed by atoms with E-state index in [0.717, 1.165) is 10.9 Å². The molecule has 0 unspecified atom stereocenters. The third-order valence-corrected chi connectivity index (χ3v) is 3.74. The number of fused-ring (bicyclic) bond motifs is 1.